The number of furan rings is 1. The number of likely N-dealkylation sites (tertiary alicyclic amines) is 1. The predicted octanol–water partition coefficient (Wildman–Crippen LogP) is 3.01. The molecule has 1 aromatic rings. The van der Waals surface area contributed by atoms with Gasteiger partial charge in [-0.3, -0.25) is 4.90 Å². The lowest BCUT2D eigenvalue weighted by molar-refractivity contribution is 0.205. The average molecular weight is 250 g/mol. The van der Waals surface area contributed by atoms with E-state index in [0.717, 1.165) is 25.4 Å². The van der Waals surface area contributed by atoms with Crippen molar-refractivity contribution >= 4 is 0 Å². The van der Waals surface area contributed by atoms with Crippen LogP contribution in [0.25, 0.3) is 0 Å². The van der Waals surface area contributed by atoms with Gasteiger partial charge < -0.3 is 9.73 Å². The number of nitrogens with one attached hydrogen (secondary N) is 1. The summed E-state index contributed by atoms with van der Waals surface area (Å²) in [5, 5.41) is 3.44. The third-order valence-corrected chi connectivity index (χ3v) is 3.42. The summed E-state index contributed by atoms with van der Waals surface area (Å²) in [4.78, 5) is 2.49. The zero-order chi connectivity index (χ0) is 12.8. The normalized spacial score (nSPS) is 17.5. The molecule has 0 amide bonds. The van der Waals surface area contributed by atoms with Crippen molar-refractivity contribution < 1.29 is 4.42 Å². The van der Waals surface area contributed by atoms with Gasteiger partial charge in [-0.1, -0.05) is 20.3 Å². The summed E-state index contributed by atoms with van der Waals surface area (Å²) in [6, 6.07) is 2.20. The van der Waals surface area contributed by atoms with Crippen molar-refractivity contribution in [3.63, 3.8) is 0 Å². The van der Waals surface area contributed by atoms with Gasteiger partial charge >= 0.3 is 0 Å². The highest BCUT2D eigenvalue weighted by atomic mass is 16.3. The molecule has 0 aliphatic carbocycles. The van der Waals surface area contributed by atoms with Gasteiger partial charge in [0.25, 0.3) is 0 Å². The standard InChI is InChI=1S/C15H26N2O/c1-13(2)9-16-10-14-8-15(18-12-14)11-17-6-4-3-5-7-17/h8,12-13,16H,3-7,9-11H2,1-2H3. The highest BCUT2D eigenvalue weighted by Crippen LogP contribution is 2.15. The molecule has 3 nitrogen and oxygen atoms in total. The van der Waals surface area contributed by atoms with Gasteiger partial charge in [0, 0.05) is 12.1 Å². The quantitative estimate of drug-likeness (QED) is 0.841. The first-order valence-corrected chi connectivity index (χ1v) is 7.23. The van der Waals surface area contributed by atoms with E-state index in [2.05, 4.69) is 30.1 Å². The maximum atomic E-state index is 5.64. The summed E-state index contributed by atoms with van der Waals surface area (Å²) in [5.41, 5.74) is 1.27. The smallest absolute Gasteiger partial charge is 0.118 e. The van der Waals surface area contributed by atoms with Crippen LogP contribution in [0.2, 0.25) is 0 Å². The molecule has 18 heavy (non-hydrogen) atoms. The van der Waals surface area contributed by atoms with Crippen LogP contribution in [-0.2, 0) is 13.1 Å². The molecule has 1 aliphatic heterocycles. The maximum absolute atomic E-state index is 5.64. The van der Waals surface area contributed by atoms with E-state index in [9.17, 15) is 0 Å². The Labute approximate surface area is 111 Å². The van der Waals surface area contributed by atoms with Crippen LogP contribution in [0.15, 0.2) is 16.7 Å². The Kier molecular flexibility index (Phi) is 5.26. The largest absolute Gasteiger partial charge is 0.468 e. The summed E-state index contributed by atoms with van der Waals surface area (Å²) in [5.74, 6) is 1.81. The zero-order valence-corrected chi connectivity index (χ0v) is 11.7. The third-order valence-electron chi connectivity index (χ3n) is 3.42. The van der Waals surface area contributed by atoms with Crippen LogP contribution in [0.1, 0.15) is 44.4 Å². The molecule has 102 valence electrons. The van der Waals surface area contributed by atoms with Crippen molar-refractivity contribution in [3.8, 4) is 0 Å². The van der Waals surface area contributed by atoms with Crippen molar-refractivity contribution in [1.29, 1.82) is 0 Å². The van der Waals surface area contributed by atoms with Crippen LogP contribution in [0.3, 0.4) is 0 Å². The molecule has 0 saturated carbocycles. The molecule has 0 bridgehead atoms. The van der Waals surface area contributed by atoms with Gasteiger partial charge in [0.15, 0.2) is 0 Å². The van der Waals surface area contributed by atoms with Crippen molar-refractivity contribution in [2.75, 3.05) is 19.6 Å². The van der Waals surface area contributed by atoms with E-state index >= 15 is 0 Å². The van der Waals surface area contributed by atoms with E-state index in [1.54, 1.807) is 0 Å². The molecule has 0 aromatic carbocycles. The second-order valence-corrected chi connectivity index (χ2v) is 5.78. The highest BCUT2D eigenvalue weighted by molar-refractivity contribution is 5.12. The SMILES string of the molecule is CC(C)CNCc1coc(CN2CCCCC2)c1. The Morgan fingerprint density at radius 3 is 2.78 bits per heavy atom. The van der Waals surface area contributed by atoms with Crippen LogP contribution >= 0.6 is 0 Å². The number of nitrogens with zero attached hydrogens (tertiary/aromatic N) is 1. The summed E-state index contributed by atoms with van der Waals surface area (Å²) < 4.78 is 5.64. The number of rotatable bonds is 6. The monoisotopic (exact) mass is 250 g/mol. The predicted molar refractivity (Wildman–Crippen MR) is 74.4 cm³/mol. The molecule has 1 aliphatic rings. The highest BCUT2D eigenvalue weighted by Gasteiger charge is 2.12. The van der Waals surface area contributed by atoms with Crippen LogP contribution in [0, 0.1) is 5.92 Å². The Morgan fingerprint density at radius 2 is 2.06 bits per heavy atom. The average Bonchev–Trinajstić information content (AvgIpc) is 2.78. The Balaban J connectivity index is 1.74. The van der Waals surface area contributed by atoms with Gasteiger partial charge in [-0.2, -0.15) is 0 Å². The van der Waals surface area contributed by atoms with Crippen LogP contribution in [0.5, 0.6) is 0 Å². The minimum absolute atomic E-state index is 0.699. The zero-order valence-electron chi connectivity index (χ0n) is 11.7. The fourth-order valence-corrected chi connectivity index (χ4v) is 2.44. The fraction of sp³-hybridized carbons (Fsp3) is 0.733. The van der Waals surface area contributed by atoms with Gasteiger partial charge in [-0.05, 0) is 44.5 Å². The van der Waals surface area contributed by atoms with Crippen molar-refractivity contribution in [2.45, 2.75) is 46.2 Å². The molecule has 2 rings (SSSR count). The number of hydrogen-bond donors (Lipinski definition) is 1. The summed E-state index contributed by atoms with van der Waals surface area (Å²) in [6.07, 6.45) is 5.96. The van der Waals surface area contributed by atoms with E-state index in [-0.39, 0.29) is 0 Å². The van der Waals surface area contributed by atoms with Gasteiger partial charge in [0.2, 0.25) is 0 Å². The first-order valence-electron chi connectivity index (χ1n) is 7.23. The maximum Gasteiger partial charge on any atom is 0.118 e. The van der Waals surface area contributed by atoms with E-state index in [4.69, 9.17) is 4.42 Å². The lowest BCUT2D eigenvalue weighted by atomic mass is 10.1. The van der Waals surface area contributed by atoms with Crippen LogP contribution in [0.4, 0.5) is 0 Å². The molecule has 3 heteroatoms. The molecule has 0 atom stereocenters. The molecular formula is C15H26N2O. The molecule has 0 unspecified atom stereocenters. The van der Waals surface area contributed by atoms with Gasteiger partial charge in [-0.25, -0.2) is 0 Å². The summed E-state index contributed by atoms with van der Waals surface area (Å²) in [7, 11) is 0. The third kappa shape index (κ3) is 4.46. The molecule has 1 N–H and O–H groups in total. The molecular weight excluding hydrogens is 224 g/mol. The summed E-state index contributed by atoms with van der Waals surface area (Å²) in [6.45, 7) is 9.86. The molecule has 2 heterocycles. The number of hydrogen-bond acceptors (Lipinski definition) is 3. The molecule has 0 spiro atoms. The Bertz CT molecular complexity index is 340. The molecule has 1 saturated heterocycles. The van der Waals surface area contributed by atoms with Crippen LogP contribution in [-0.4, -0.2) is 24.5 Å². The van der Waals surface area contributed by atoms with Crippen molar-refractivity contribution in [3.05, 3.63) is 23.7 Å². The molecule has 1 aromatic heterocycles. The number of piperidine rings is 1. The van der Waals surface area contributed by atoms with Crippen molar-refractivity contribution in [1.82, 2.24) is 10.2 Å². The van der Waals surface area contributed by atoms with Gasteiger partial charge in [-0.15, -0.1) is 0 Å². The molecule has 1 fully saturated rings. The topological polar surface area (TPSA) is 28.4 Å². The lowest BCUT2D eigenvalue weighted by Gasteiger charge is -2.25. The van der Waals surface area contributed by atoms with E-state index in [1.165, 1.54) is 37.9 Å². The minimum atomic E-state index is 0.699. The van der Waals surface area contributed by atoms with Crippen LogP contribution < -0.4 is 5.32 Å². The van der Waals surface area contributed by atoms with Gasteiger partial charge in [0.05, 0.1) is 12.8 Å². The second kappa shape index (κ2) is 6.95. The van der Waals surface area contributed by atoms with E-state index in [0.29, 0.717) is 5.92 Å². The first-order chi connectivity index (χ1) is 8.74. The lowest BCUT2D eigenvalue weighted by Crippen LogP contribution is -2.28. The van der Waals surface area contributed by atoms with Gasteiger partial charge in [0.1, 0.15) is 5.76 Å². The second-order valence-electron chi connectivity index (χ2n) is 5.78. The van der Waals surface area contributed by atoms with Crippen molar-refractivity contribution in [2.24, 2.45) is 5.92 Å². The first kappa shape index (κ1) is 13.6. The van der Waals surface area contributed by atoms with E-state index < -0.39 is 0 Å². The Morgan fingerprint density at radius 1 is 1.28 bits per heavy atom. The molecule has 0 radical (unpaired) electrons. The minimum Gasteiger partial charge on any atom is -0.468 e. The van der Waals surface area contributed by atoms with E-state index in [1.807, 2.05) is 6.26 Å². The Hall–Kier alpha value is -0.800. The fourth-order valence-electron chi connectivity index (χ4n) is 2.44. The summed E-state index contributed by atoms with van der Waals surface area (Å²) >= 11 is 0.